The van der Waals surface area contributed by atoms with Crippen molar-refractivity contribution in [2.24, 2.45) is 0 Å². The van der Waals surface area contributed by atoms with Crippen LogP contribution in [0.3, 0.4) is 0 Å². The first kappa shape index (κ1) is 28.7. The van der Waals surface area contributed by atoms with Gasteiger partial charge in [-0.05, 0) is 45.8 Å². The summed E-state index contributed by atoms with van der Waals surface area (Å²) in [7, 11) is 42.5. The van der Waals surface area contributed by atoms with E-state index in [2.05, 4.69) is 5.32 Å². The molecular formula is C25H20B7N3O5. The van der Waals surface area contributed by atoms with Crippen LogP contribution < -0.4 is 10.1 Å². The minimum absolute atomic E-state index is 0.0683. The fraction of sp³-hybridized carbons (Fsp3) is 0.400. The minimum atomic E-state index is -2.02. The molecule has 0 bridgehead atoms. The summed E-state index contributed by atoms with van der Waals surface area (Å²) in [6.07, 6.45) is 0.467. The van der Waals surface area contributed by atoms with Crippen molar-refractivity contribution in [1.29, 1.82) is 0 Å². The summed E-state index contributed by atoms with van der Waals surface area (Å²) in [5, 5.41) is -3.43. The first-order valence-corrected chi connectivity index (χ1v) is 12.6. The Kier molecular flexibility index (Phi) is 7.36. The molecule has 3 heterocycles. The minimum Gasteiger partial charge on any atom is -0.489 e. The van der Waals surface area contributed by atoms with Crippen LogP contribution >= 0.6 is 0 Å². The van der Waals surface area contributed by atoms with E-state index in [1.807, 2.05) is 24.3 Å². The number of rotatable bonds is 6. The first-order chi connectivity index (χ1) is 18.7. The molecule has 3 aliphatic heterocycles. The lowest BCUT2D eigenvalue weighted by atomic mass is 9.35. The van der Waals surface area contributed by atoms with E-state index in [-0.39, 0.29) is 44.4 Å². The Balaban J connectivity index is 1.27. The molecule has 14 radical (unpaired) electrons. The van der Waals surface area contributed by atoms with E-state index in [9.17, 15) is 14.4 Å². The maximum absolute atomic E-state index is 13.0. The molecule has 8 nitrogen and oxygen atoms in total. The third-order valence-electron chi connectivity index (χ3n) is 7.61. The maximum atomic E-state index is 13.0. The lowest BCUT2D eigenvalue weighted by Crippen LogP contribution is -2.81. The highest BCUT2D eigenvalue weighted by atomic mass is 16.5. The van der Waals surface area contributed by atoms with Crippen molar-refractivity contribution < 1.29 is 23.9 Å². The van der Waals surface area contributed by atoms with Gasteiger partial charge in [0.05, 0.1) is 53.6 Å². The Morgan fingerprint density at radius 2 is 1.65 bits per heavy atom. The highest BCUT2D eigenvalue weighted by Gasteiger charge is 2.52. The van der Waals surface area contributed by atoms with Gasteiger partial charge in [-0.15, -0.1) is 0 Å². The number of nitrogens with zero attached hydrogens (tertiary/aromatic N) is 2. The predicted octanol–water partition coefficient (Wildman–Crippen LogP) is -1.67. The van der Waals surface area contributed by atoms with E-state index >= 15 is 0 Å². The van der Waals surface area contributed by atoms with E-state index in [1.165, 1.54) is 9.80 Å². The Morgan fingerprint density at radius 1 is 0.975 bits per heavy atom. The van der Waals surface area contributed by atoms with Crippen molar-refractivity contribution in [3.05, 3.63) is 64.7 Å². The molecule has 2 atom stereocenters. The van der Waals surface area contributed by atoms with E-state index in [0.717, 1.165) is 11.1 Å². The third-order valence-corrected chi connectivity index (χ3v) is 7.61. The van der Waals surface area contributed by atoms with Crippen LogP contribution in [0.5, 0.6) is 5.75 Å². The van der Waals surface area contributed by atoms with Gasteiger partial charge in [-0.2, -0.15) is 0 Å². The van der Waals surface area contributed by atoms with Crippen LogP contribution in [0.2, 0.25) is 0 Å². The summed E-state index contributed by atoms with van der Waals surface area (Å²) < 4.78 is 11.3. The molecule has 186 valence electrons. The number of hydrogen-bond acceptors (Lipinski definition) is 6. The number of carbonyl (C=O) groups is 3. The van der Waals surface area contributed by atoms with Crippen molar-refractivity contribution >= 4 is 72.6 Å². The quantitative estimate of drug-likeness (QED) is 0.364. The number of hydrogen-bond donors (Lipinski definition) is 1. The number of morpholine rings is 1. The number of amides is 3. The van der Waals surface area contributed by atoms with Crippen LogP contribution in [0.4, 0.5) is 0 Å². The van der Waals surface area contributed by atoms with Crippen molar-refractivity contribution in [2.75, 3.05) is 0 Å². The number of imide groups is 1. The maximum Gasteiger partial charge on any atom is 0.255 e. The number of nitrogens with one attached hydrogen (secondary N) is 1. The van der Waals surface area contributed by atoms with E-state index in [0.29, 0.717) is 16.9 Å². The van der Waals surface area contributed by atoms with Gasteiger partial charge in [-0.1, -0.05) is 30.3 Å². The largest absolute Gasteiger partial charge is 0.489 e. The molecular weight excluding hydrogens is 498 g/mol. The van der Waals surface area contributed by atoms with Gasteiger partial charge in [-0.3, -0.25) is 19.7 Å². The van der Waals surface area contributed by atoms with E-state index in [1.54, 1.807) is 18.2 Å². The molecule has 3 aliphatic rings. The van der Waals surface area contributed by atoms with E-state index in [4.69, 9.17) is 64.4 Å². The van der Waals surface area contributed by atoms with Gasteiger partial charge in [0.1, 0.15) is 26.2 Å². The van der Waals surface area contributed by atoms with Gasteiger partial charge in [0, 0.05) is 30.1 Å². The molecule has 2 unspecified atom stereocenters. The number of benzene rings is 2. The van der Waals surface area contributed by atoms with Crippen molar-refractivity contribution in [3.63, 3.8) is 0 Å². The van der Waals surface area contributed by atoms with Crippen LogP contribution in [0.1, 0.15) is 39.9 Å². The molecule has 40 heavy (non-hydrogen) atoms. The highest BCUT2D eigenvalue weighted by Crippen LogP contribution is 2.37. The summed E-state index contributed by atoms with van der Waals surface area (Å²) in [5.41, 5.74) is 2.72. The number of fused-ring (bicyclic) bond motifs is 1. The molecule has 1 N–H and O–H groups in total. The first-order valence-electron chi connectivity index (χ1n) is 12.6. The summed E-state index contributed by atoms with van der Waals surface area (Å²) in [6.45, 7) is 0.482. The number of carbonyl (C=O) groups excluding carboxylic acids is 3. The Bertz CT molecular complexity index is 1350. The van der Waals surface area contributed by atoms with Crippen molar-refractivity contribution in [1.82, 2.24) is 15.1 Å². The molecule has 0 spiro atoms. The number of ether oxygens (including phenoxy) is 2. The molecule has 2 aromatic rings. The van der Waals surface area contributed by atoms with Crippen molar-refractivity contribution in [3.8, 4) is 5.75 Å². The Morgan fingerprint density at radius 3 is 2.33 bits per heavy atom. The molecule has 3 amide bonds. The number of piperidine rings is 1. The fourth-order valence-corrected chi connectivity index (χ4v) is 5.13. The average molecular weight is 518 g/mol. The highest BCUT2D eigenvalue weighted by molar-refractivity contribution is 6.55. The van der Waals surface area contributed by atoms with Gasteiger partial charge in [0.25, 0.3) is 5.91 Å². The third kappa shape index (κ3) is 4.96. The van der Waals surface area contributed by atoms with Crippen LogP contribution in [-0.4, -0.2) is 111 Å². The summed E-state index contributed by atoms with van der Waals surface area (Å²) in [5.74, 6) is -0.545. The normalized spacial score (nSPS) is 25.3. The summed E-state index contributed by atoms with van der Waals surface area (Å²) >= 11 is 0. The molecule has 2 fully saturated rings. The zero-order chi connectivity index (χ0) is 29.0. The summed E-state index contributed by atoms with van der Waals surface area (Å²) in [6, 6.07) is 10.5. The molecule has 0 saturated carbocycles. The molecule has 5 rings (SSSR count). The predicted molar refractivity (Wildman–Crippen MR) is 152 cm³/mol. The lowest BCUT2D eigenvalue weighted by molar-refractivity contribution is -0.136. The second kappa shape index (κ2) is 10.2. The monoisotopic (exact) mass is 519 g/mol. The smallest absolute Gasteiger partial charge is 0.255 e. The van der Waals surface area contributed by atoms with Crippen molar-refractivity contribution in [2.45, 2.75) is 60.7 Å². The molecule has 2 saturated heterocycles. The topological polar surface area (TPSA) is 88.2 Å². The SMILES string of the molecule is [B]C1OC([B])([B])C([B])([B])N(Cc2ccc(COc3cccc4c3CN(C3CCC(=O)NC3=O)C4=O)cc2)C1([B])[B]. The lowest BCUT2D eigenvalue weighted by Gasteiger charge is -2.66. The standard InChI is InChI=1S/C25H20B7N3O5/c26-22-23(27,28)35(24(29,30)25(31,32)40-22)10-13-4-6-14(7-5-13)12-39-18-3-1-2-15-16(18)11-34(21(15)38)17-8-9-19(36)33-20(17)37/h1-7,17,22H,8-12H2,(H,33,36,37). The Hall–Kier alpha value is -2.78. The second-order valence-corrected chi connectivity index (χ2v) is 10.4. The van der Waals surface area contributed by atoms with Crippen LogP contribution in [0.15, 0.2) is 42.5 Å². The zero-order valence-corrected chi connectivity index (χ0v) is 21.7. The van der Waals surface area contributed by atoms with Gasteiger partial charge >= 0.3 is 0 Å². The fourth-order valence-electron chi connectivity index (χ4n) is 5.13. The summed E-state index contributed by atoms with van der Waals surface area (Å²) in [4.78, 5) is 39.7. The molecule has 0 aromatic heterocycles. The van der Waals surface area contributed by atoms with Gasteiger partial charge in [0.2, 0.25) is 11.8 Å². The van der Waals surface area contributed by atoms with Crippen LogP contribution in [0.25, 0.3) is 0 Å². The van der Waals surface area contributed by atoms with Gasteiger partial charge < -0.3 is 19.3 Å². The molecule has 0 aliphatic carbocycles. The molecule has 2 aromatic carbocycles. The van der Waals surface area contributed by atoms with Gasteiger partial charge in [-0.25, -0.2) is 0 Å². The molecule has 15 heteroatoms. The second-order valence-electron chi connectivity index (χ2n) is 10.4. The Labute approximate surface area is 242 Å². The zero-order valence-electron chi connectivity index (χ0n) is 21.7. The van der Waals surface area contributed by atoms with Gasteiger partial charge in [0.15, 0.2) is 0 Å². The average Bonchev–Trinajstić information content (AvgIpc) is 3.22. The van der Waals surface area contributed by atoms with Crippen LogP contribution in [-0.2, 0) is 34.0 Å². The van der Waals surface area contributed by atoms with Crippen LogP contribution in [0, 0.1) is 0 Å². The van der Waals surface area contributed by atoms with E-state index < -0.39 is 34.0 Å².